The summed E-state index contributed by atoms with van der Waals surface area (Å²) in [5, 5.41) is 3.27. The van der Waals surface area contributed by atoms with E-state index in [-0.39, 0.29) is 35.8 Å². The molecule has 0 aromatic heterocycles. The molecule has 9 heteroatoms. The maximum Gasteiger partial charge on any atom is 0.193 e. The Morgan fingerprint density at radius 1 is 1.10 bits per heavy atom. The summed E-state index contributed by atoms with van der Waals surface area (Å²) in [7, 11) is 1.82. The monoisotopic (exact) mass is 561 g/mol. The molecule has 0 bridgehead atoms. The van der Waals surface area contributed by atoms with Crippen LogP contribution in [-0.2, 0) is 9.84 Å². The van der Waals surface area contributed by atoms with Crippen LogP contribution in [0.15, 0.2) is 64.5 Å². The Labute approximate surface area is 202 Å². The highest BCUT2D eigenvalue weighted by Gasteiger charge is 2.21. The lowest BCUT2D eigenvalue weighted by Gasteiger charge is -2.26. The van der Waals surface area contributed by atoms with Crippen LogP contribution >= 0.6 is 24.0 Å². The van der Waals surface area contributed by atoms with Crippen LogP contribution in [0.3, 0.4) is 0 Å². The van der Waals surface area contributed by atoms with Gasteiger partial charge in [0, 0.05) is 20.1 Å². The lowest BCUT2D eigenvalue weighted by Crippen LogP contribution is -2.47. The Hall–Kier alpha value is -2.01. The summed E-state index contributed by atoms with van der Waals surface area (Å²) in [4.78, 5) is 6.54. The molecule has 0 amide bonds. The third-order valence-corrected chi connectivity index (χ3v) is 6.51. The number of rotatable bonds is 10. The molecule has 2 aromatic rings. The zero-order chi connectivity index (χ0) is 22.0. The largest absolute Gasteiger partial charge is 0.497 e. The second kappa shape index (κ2) is 13.4. The average molecular weight is 561 g/mol. The second-order valence-electron chi connectivity index (χ2n) is 6.84. The molecule has 2 aromatic carbocycles. The van der Waals surface area contributed by atoms with E-state index in [2.05, 4.69) is 10.3 Å². The molecule has 0 spiro atoms. The Morgan fingerprint density at radius 2 is 1.71 bits per heavy atom. The molecule has 0 aliphatic carbocycles. The van der Waals surface area contributed by atoms with Crippen molar-refractivity contribution in [2.45, 2.75) is 24.3 Å². The van der Waals surface area contributed by atoms with Crippen molar-refractivity contribution in [3.8, 4) is 11.5 Å². The Morgan fingerprint density at radius 3 is 2.26 bits per heavy atom. The van der Waals surface area contributed by atoms with Crippen molar-refractivity contribution in [2.24, 2.45) is 4.99 Å². The summed E-state index contributed by atoms with van der Waals surface area (Å²) in [6, 6.07) is 15.7. The van der Waals surface area contributed by atoms with Crippen molar-refractivity contribution in [3.05, 3.63) is 54.6 Å². The first-order chi connectivity index (χ1) is 14.4. The topological polar surface area (TPSA) is 80.2 Å². The van der Waals surface area contributed by atoms with Crippen LogP contribution in [0.1, 0.15) is 13.3 Å². The van der Waals surface area contributed by atoms with E-state index in [0.29, 0.717) is 30.4 Å². The van der Waals surface area contributed by atoms with Gasteiger partial charge in [0.2, 0.25) is 0 Å². The van der Waals surface area contributed by atoms with Gasteiger partial charge in [0.25, 0.3) is 0 Å². The smallest absolute Gasteiger partial charge is 0.193 e. The number of halogens is 1. The molecule has 172 valence electrons. The summed E-state index contributed by atoms with van der Waals surface area (Å²) in [5.41, 5.74) is 0. The van der Waals surface area contributed by atoms with Crippen LogP contribution in [0, 0.1) is 0 Å². The highest BCUT2D eigenvalue weighted by atomic mass is 127. The van der Waals surface area contributed by atoms with E-state index >= 15 is 0 Å². The third-order valence-electron chi connectivity index (χ3n) is 4.68. The summed E-state index contributed by atoms with van der Waals surface area (Å²) < 4.78 is 36.3. The highest BCUT2D eigenvalue weighted by Crippen LogP contribution is 2.17. The average Bonchev–Trinajstić information content (AvgIpc) is 2.77. The molecule has 0 aliphatic rings. The van der Waals surface area contributed by atoms with Gasteiger partial charge in [-0.2, -0.15) is 0 Å². The number of aliphatic imine (C=N–C) groups is 1. The van der Waals surface area contributed by atoms with Gasteiger partial charge in [-0.3, -0.25) is 4.99 Å². The zero-order valence-electron chi connectivity index (χ0n) is 18.4. The van der Waals surface area contributed by atoms with Gasteiger partial charge in [-0.1, -0.05) is 25.1 Å². The van der Waals surface area contributed by atoms with Crippen LogP contribution < -0.4 is 14.8 Å². The van der Waals surface area contributed by atoms with Crippen LogP contribution in [0.4, 0.5) is 0 Å². The van der Waals surface area contributed by atoms with Crippen LogP contribution in [0.2, 0.25) is 0 Å². The summed E-state index contributed by atoms with van der Waals surface area (Å²) in [5.74, 6) is 2.17. The molecule has 1 unspecified atom stereocenters. The van der Waals surface area contributed by atoms with Gasteiger partial charge in [-0.15, -0.1) is 24.0 Å². The number of likely N-dealkylation sites (N-methyl/N-ethyl adjacent to an activating group) is 1. The van der Waals surface area contributed by atoms with Crippen molar-refractivity contribution >= 4 is 39.8 Å². The first-order valence-electron chi connectivity index (χ1n) is 9.88. The normalized spacial score (nSPS) is 12.5. The third kappa shape index (κ3) is 8.56. The number of nitrogens with zero attached hydrogens (tertiary/aromatic N) is 2. The van der Waals surface area contributed by atoms with Gasteiger partial charge in [0.05, 0.1) is 24.3 Å². The number of nitrogens with one attached hydrogen (secondary N) is 1. The van der Waals surface area contributed by atoms with Crippen molar-refractivity contribution in [2.75, 3.05) is 40.1 Å². The van der Waals surface area contributed by atoms with E-state index < -0.39 is 9.84 Å². The fourth-order valence-corrected chi connectivity index (χ4v) is 4.47. The molecule has 0 aliphatic heterocycles. The molecule has 0 heterocycles. The SMILES string of the molecule is CCC(CS(=O)(=O)c1ccccc1)NC(=NC)N(C)CCOc1ccc(OC)cc1.I. The van der Waals surface area contributed by atoms with Gasteiger partial charge in [-0.25, -0.2) is 8.42 Å². The molecule has 7 nitrogen and oxygen atoms in total. The summed E-state index contributed by atoms with van der Waals surface area (Å²) in [6.07, 6.45) is 0.654. The van der Waals surface area contributed by atoms with E-state index in [4.69, 9.17) is 9.47 Å². The molecular weight excluding hydrogens is 529 g/mol. The minimum atomic E-state index is -3.38. The predicted molar refractivity (Wildman–Crippen MR) is 136 cm³/mol. The minimum absolute atomic E-state index is 0. The number of methoxy groups -OCH3 is 1. The zero-order valence-corrected chi connectivity index (χ0v) is 21.6. The molecule has 0 radical (unpaired) electrons. The lowest BCUT2D eigenvalue weighted by molar-refractivity contribution is 0.280. The van der Waals surface area contributed by atoms with E-state index in [9.17, 15) is 8.42 Å². The predicted octanol–water partition coefficient (Wildman–Crippen LogP) is 3.45. The van der Waals surface area contributed by atoms with Crippen LogP contribution in [0.5, 0.6) is 11.5 Å². The summed E-state index contributed by atoms with van der Waals surface area (Å²) in [6.45, 7) is 3.01. The van der Waals surface area contributed by atoms with Crippen molar-refractivity contribution in [3.63, 3.8) is 0 Å². The molecule has 0 fully saturated rings. The number of hydrogen-bond acceptors (Lipinski definition) is 5. The first-order valence-corrected chi connectivity index (χ1v) is 11.5. The standard InChI is InChI=1S/C22H31N3O4S.HI/c1-5-18(17-30(26,27)21-9-7-6-8-10-21)24-22(23-2)25(3)15-16-29-20-13-11-19(28-4)12-14-20;/h6-14,18H,5,15-17H2,1-4H3,(H,23,24);1H. The second-order valence-corrected chi connectivity index (χ2v) is 8.87. The fourth-order valence-electron chi connectivity index (χ4n) is 2.86. The highest BCUT2D eigenvalue weighted by molar-refractivity contribution is 14.0. The van der Waals surface area contributed by atoms with Gasteiger partial charge in [-0.05, 0) is 42.8 Å². The number of hydrogen-bond donors (Lipinski definition) is 1. The van der Waals surface area contributed by atoms with E-state index in [1.807, 2.05) is 43.1 Å². The van der Waals surface area contributed by atoms with Crippen molar-refractivity contribution in [1.82, 2.24) is 10.2 Å². The first kappa shape index (κ1) is 27.0. The van der Waals surface area contributed by atoms with Crippen LogP contribution in [-0.4, -0.2) is 65.4 Å². The van der Waals surface area contributed by atoms with E-state index in [1.54, 1.807) is 44.5 Å². The number of sulfone groups is 1. The van der Waals surface area contributed by atoms with Crippen molar-refractivity contribution in [1.29, 1.82) is 0 Å². The van der Waals surface area contributed by atoms with Gasteiger partial charge in [0.1, 0.15) is 18.1 Å². The Balaban J connectivity index is 0.00000480. The molecule has 0 saturated carbocycles. The quantitative estimate of drug-likeness (QED) is 0.272. The maximum atomic E-state index is 12.7. The van der Waals surface area contributed by atoms with Crippen molar-refractivity contribution < 1.29 is 17.9 Å². The van der Waals surface area contributed by atoms with E-state index in [0.717, 1.165) is 11.5 Å². The van der Waals surface area contributed by atoms with Crippen LogP contribution in [0.25, 0.3) is 0 Å². The summed E-state index contributed by atoms with van der Waals surface area (Å²) >= 11 is 0. The number of benzene rings is 2. The maximum absolute atomic E-state index is 12.7. The molecule has 1 atom stereocenters. The molecule has 0 saturated heterocycles. The van der Waals surface area contributed by atoms with Gasteiger partial charge >= 0.3 is 0 Å². The minimum Gasteiger partial charge on any atom is -0.497 e. The molecule has 1 N–H and O–H groups in total. The Bertz CT molecular complexity index is 906. The molecular formula is C22H32IN3O4S. The number of ether oxygens (including phenoxy) is 2. The number of guanidine groups is 1. The lowest BCUT2D eigenvalue weighted by atomic mass is 10.2. The Kier molecular flexibility index (Phi) is 11.7. The van der Waals surface area contributed by atoms with Gasteiger partial charge < -0.3 is 19.7 Å². The van der Waals surface area contributed by atoms with E-state index in [1.165, 1.54) is 0 Å². The molecule has 31 heavy (non-hydrogen) atoms. The fraction of sp³-hybridized carbons (Fsp3) is 0.409. The van der Waals surface area contributed by atoms with Gasteiger partial charge in [0.15, 0.2) is 15.8 Å². The molecule has 2 rings (SSSR count).